The number of carbonyl (C=O) groups excluding carboxylic acids is 1. The van der Waals surface area contributed by atoms with Gasteiger partial charge in [-0.15, -0.1) is 0 Å². The average molecular weight is 449 g/mol. The molecule has 0 saturated carbocycles. The number of methoxy groups -OCH3 is 1. The van der Waals surface area contributed by atoms with E-state index < -0.39 is 10.8 Å². The number of hydrogen-bond donors (Lipinski definition) is 1. The predicted molar refractivity (Wildman–Crippen MR) is 123 cm³/mol. The van der Waals surface area contributed by atoms with E-state index in [2.05, 4.69) is 10.5 Å². The fraction of sp³-hybridized carbons (Fsp3) is 0.167. The Labute approximate surface area is 190 Å². The second-order valence-electron chi connectivity index (χ2n) is 6.75. The number of nitrogens with one attached hydrogen (secondary N) is 1. The zero-order chi connectivity index (χ0) is 23.6. The lowest BCUT2D eigenvalue weighted by Gasteiger charge is -2.10. The molecule has 9 nitrogen and oxygen atoms in total. The third-order valence-electron chi connectivity index (χ3n) is 4.56. The average Bonchev–Trinajstić information content (AvgIpc) is 2.83. The number of carbonyl (C=O) groups is 1. The highest BCUT2D eigenvalue weighted by atomic mass is 16.6. The van der Waals surface area contributed by atoms with Crippen molar-refractivity contribution in [3.05, 3.63) is 93.5 Å². The van der Waals surface area contributed by atoms with E-state index in [1.54, 1.807) is 42.5 Å². The first-order valence-corrected chi connectivity index (χ1v) is 10.1. The fourth-order valence-corrected chi connectivity index (χ4v) is 2.90. The lowest BCUT2D eigenvalue weighted by Crippen LogP contribution is -2.17. The maximum Gasteiger partial charge on any atom is 0.271 e. The van der Waals surface area contributed by atoms with Crippen LogP contribution in [0.5, 0.6) is 17.2 Å². The molecule has 0 spiro atoms. The van der Waals surface area contributed by atoms with E-state index in [9.17, 15) is 14.9 Å². The summed E-state index contributed by atoms with van der Waals surface area (Å²) in [6.45, 7) is 2.51. The van der Waals surface area contributed by atoms with Crippen molar-refractivity contribution in [1.82, 2.24) is 5.43 Å². The van der Waals surface area contributed by atoms with Gasteiger partial charge in [0.1, 0.15) is 12.4 Å². The maximum absolute atomic E-state index is 12.5. The van der Waals surface area contributed by atoms with Crippen molar-refractivity contribution in [2.45, 2.75) is 13.5 Å². The summed E-state index contributed by atoms with van der Waals surface area (Å²) in [6, 6.07) is 18.2. The van der Waals surface area contributed by atoms with Crippen LogP contribution in [-0.2, 0) is 6.61 Å². The highest BCUT2D eigenvalue weighted by Crippen LogP contribution is 2.28. The predicted octanol–water partition coefficient (Wildman–Crippen LogP) is 4.35. The first kappa shape index (κ1) is 23.3. The smallest absolute Gasteiger partial charge is 0.271 e. The van der Waals surface area contributed by atoms with E-state index in [0.717, 1.165) is 5.56 Å². The van der Waals surface area contributed by atoms with E-state index in [4.69, 9.17) is 14.2 Å². The Kier molecular flexibility index (Phi) is 7.96. The van der Waals surface area contributed by atoms with Crippen LogP contribution in [0.25, 0.3) is 0 Å². The van der Waals surface area contributed by atoms with Gasteiger partial charge in [-0.2, -0.15) is 5.10 Å². The SMILES string of the molecule is CCOc1cc(C(=O)N/N=C/c2ccccc2OCc2ccc([N+](=O)[O-])cc2)ccc1OC. The van der Waals surface area contributed by atoms with Crippen LogP contribution in [0, 0.1) is 10.1 Å². The van der Waals surface area contributed by atoms with Crippen molar-refractivity contribution >= 4 is 17.8 Å². The van der Waals surface area contributed by atoms with Crippen LogP contribution in [0.1, 0.15) is 28.4 Å². The Balaban J connectivity index is 1.64. The van der Waals surface area contributed by atoms with E-state index in [1.807, 2.05) is 19.1 Å². The van der Waals surface area contributed by atoms with Gasteiger partial charge in [-0.1, -0.05) is 12.1 Å². The molecule has 0 fully saturated rings. The normalized spacial score (nSPS) is 10.6. The van der Waals surface area contributed by atoms with Gasteiger partial charge in [-0.05, 0) is 55.0 Å². The molecular formula is C24H23N3O6. The molecule has 0 aromatic heterocycles. The van der Waals surface area contributed by atoms with Crippen molar-refractivity contribution in [1.29, 1.82) is 0 Å². The lowest BCUT2D eigenvalue weighted by atomic mass is 10.2. The molecule has 0 unspecified atom stereocenters. The zero-order valence-corrected chi connectivity index (χ0v) is 18.2. The minimum atomic E-state index is -0.450. The van der Waals surface area contributed by atoms with Crippen molar-refractivity contribution in [3.8, 4) is 17.2 Å². The molecule has 3 aromatic rings. The lowest BCUT2D eigenvalue weighted by molar-refractivity contribution is -0.384. The van der Waals surface area contributed by atoms with Gasteiger partial charge in [0.05, 0.1) is 24.9 Å². The number of benzene rings is 3. The fourth-order valence-electron chi connectivity index (χ4n) is 2.90. The summed E-state index contributed by atoms with van der Waals surface area (Å²) in [5.74, 6) is 1.16. The van der Waals surface area contributed by atoms with Gasteiger partial charge in [-0.3, -0.25) is 14.9 Å². The standard InChI is InChI=1S/C24H23N3O6/c1-3-32-23-14-18(10-13-22(23)31-2)24(28)26-25-15-19-6-4-5-7-21(19)33-16-17-8-11-20(12-9-17)27(29)30/h4-15H,3,16H2,1-2H3,(H,26,28)/b25-15+. The van der Waals surface area contributed by atoms with Gasteiger partial charge >= 0.3 is 0 Å². The van der Waals surface area contributed by atoms with Gasteiger partial charge in [0, 0.05) is 23.3 Å². The summed E-state index contributed by atoms with van der Waals surface area (Å²) in [5, 5.41) is 14.8. The highest BCUT2D eigenvalue weighted by molar-refractivity contribution is 5.95. The third kappa shape index (κ3) is 6.30. The number of hydrazone groups is 1. The van der Waals surface area contributed by atoms with Crippen LogP contribution < -0.4 is 19.6 Å². The zero-order valence-electron chi connectivity index (χ0n) is 18.2. The summed E-state index contributed by atoms with van der Waals surface area (Å²) in [6.07, 6.45) is 1.48. The Bertz CT molecular complexity index is 1150. The Morgan fingerprint density at radius 1 is 1.03 bits per heavy atom. The molecule has 3 aromatic carbocycles. The van der Waals surface area contributed by atoms with E-state index in [0.29, 0.717) is 35.0 Å². The quantitative estimate of drug-likeness (QED) is 0.280. The first-order chi connectivity index (χ1) is 16.0. The third-order valence-corrected chi connectivity index (χ3v) is 4.56. The van der Waals surface area contributed by atoms with Gasteiger partial charge in [-0.25, -0.2) is 5.43 Å². The Hall–Kier alpha value is -4.40. The number of nitrogens with zero attached hydrogens (tertiary/aromatic N) is 2. The summed E-state index contributed by atoms with van der Waals surface area (Å²) >= 11 is 0. The molecule has 3 rings (SSSR count). The van der Waals surface area contributed by atoms with Gasteiger partial charge in [0.15, 0.2) is 11.5 Å². The van der Waals surface area contributed by atoms with Crippen molar-refractivity contribution in [2.75, 3.05) is 13.7 Å². The van der Waals surface area contributed by atoms with Crippen LogP contribution in [0.4, 0.5) is 5.69 Å². The van der Waals surface area contributed by atoms with Crippen LogP contribution in [0.3, 0.4) is 0 Å². The molecule has 0 radical (unpaired) electrons. The molecule has 0 aliphatic rings. The molecule has 170 valence electrons. The van der Waals surface area contributed by atoms with Gasteiger partial charge < -0.3 is 14.2 Å². The molecule has 9 heteroatoms. The minimum Gasteiger partial charge on any atom is -0.493 e. The summed E-state index contributed by atoms with van der Waals surface area (Å²) in [4.78, 5) is 22.8. The number of rotatable bonds is 10. The molecule has 0 bridgehead atoms. The number of hydrogen-bond acceptors (Lipinski definition) is 7. The van der Waals surface area contributed by atoms with Crippen molar-refractivity contribution < 1.29 is 23.9 Å². The number of amides is 1. The maximum atomic E-state index is 12.5. The van der Waals surface area contributed by atoms with Crippen LogP contribution >= 0.6 is 0 Å². The highest BCUT2D eigenvalue weighted by Gasteiger charge is 2.11. The number of nitro groups is 1. The Morgan fingerprint density at radius 2 is 1.79 bits per heavy atom. The van der Waals surface area contributed by atoms with E-state index >= 15 is 0 Å². The van der Waals surface area contributed by atoms with Crippen LogP contribution in [0.2, 0.25) is 0 Å². The van der Waals surface area contributed by atoms with E-state index in [1.165, 1.54) is 25.5 Å². The Morgan fingerprint density at radius 3 is 2.48 bits per heavy atom. The number of ether oxygens (including phenoxy) is 3. The van der Waals surface area contributed by atoms with Gasteiger partial charge in [0.2, 0.25) is 0 Å². The molecule has 0 saturated heterocycles. The van der Waals surface area contributed by atoms with Crippen LogP contribution in [0.15, 0.2) is 71.8 Å². The topological polar surface area (TPSA) is 112 Å². The molecule has 0 heterocycles. The van der Waals surface area contributed by atoms with Crippen LogP contribution in [-0.4, -0.2) is 30.8 Å². The number of non-ortho nitro benzene ring substituents is 1. The van der Waals surface area contributed by atoms with E-state index in [-0.39, 0.29) is 12.3 Å². The molecule has 33 heavy (non-hydrogen) atoms. The monoisotopic (exact) mass is 449 g/mol. The molecule has 0 atom stereocenters. The second-order valence-corrected chi connectivity index (χ2v) is 6.75. The summed E-state index contributed by atoms with van der Waals surface area (Å²) < 4.78 is 16.6. The van der Waals surface area contributed by atoms with Crippen molar-refractivity contribution in [2.24, 2.45) is 5.10 Å². The molecule has 1 amide bonds. The van der Waals surface area contributed by atoms with Crippen molar-refractivity contribution in [3.63, 3.8) is 0 Å². The minimum absolute atomic E-state index is 0.0206. The molecular weight excluding hydrogens is 426 g/mol. The number of nitro benzene ring substituents is 1. The molecule has 0 aliphatic heterocycles. The molecule has 0 aliphatic carbocycles. The molecule has 1 N–H and O–H groups in total. The summed E-state index contributed by atoms with van der Waals surface area (Å²) in [5.41, 5.74) is 4.32. The summed E-state index contributed by atoms with van der Waals surface area (Å²) in [7, 11) is 1.53. The van der Waals surface area contributed by atoms with Gasteiger partial charge in [0.25, 0.3) is 11.6 Å². The number of para-hydroxylation sites is 1. The second kappa shape index (κ2) is 11.3. The first-order valence-electron chi connectivity index (χ1n) is 10.1. The largest absolute Gasteiger partial charge is 0.493 e.